The molecule has 9 nitrogen and oxygen atoms in total. The van der Waals surface area contributed by atoms with E-state index < -0.39 is 27.6 Å². The van der Waals surface area contributed by atoms with Crippen LogP contribution in [0.2, 0.25) is 5.02 Å². The average molecular weight is 427 g/mol. The highest BCUT2D eigenvalue weighted by Crippen LogP contribution is 2.38. The molecular formula is C20H15ClN4O5. The Kier molecular flexibility index (Phi) is 4.47. The predicted molar refractivity (Wildman–Crippen MR) is 113 cm³/mol. The van der Waals surface area contributed by atoms with Crippen LogP contribution in [-0.4, -0.2) is 23.7 Å². The fourth-order valence-electron chi connectivity index (χ4n) is 3.48. The Morgan fingerprint density at radius 2 is 1.73 bits per heavy atom. The summed E-state index contributed by atoms with van der Waals surface area (Å²) >= 11 is 6.07. The molecule has 0 radical (unpaired) electrons. The van der Waals surface area contributed by atoms with Gasteiger partial charge < -0.3 is 9.67 Å². The first-order valence-electron chi connectivity index (χ1n) is 8.76. The molecule has 0 spiro atoms. The Bertz CT molecular complexity index is 1450. The number of phenolic OH excluding ortho intramolecular Hbond substituents is 1. The molecular weight excluding hydrogens is 412 g/mol. The lowest BCUT2D eigenvalue weighted by atomic mass is 10.1. The molecule has 0 bridgehead atoms. The summed E-state index contributed by atoms with van der Waals surface area (Å²) in [6.45, 7) is 0. The molecule has 2 aromatic carbocycles. The maximum absolute atomic E-state index is 13.0. The summed E-state index contributed by atoms with van der Waals surface area (Å²) in [7, 11) is 2.92. The highest BCUT2D eigenvalue weighted by molar-refractivity contribution is 6.33. The second kappa shape index (κ2) is 6.89. The number of hydrogen-bond donors (Lipinski definition) is 1. The number of halogens is 1. The minimum absolute atomic E-state index is 0.134. The summed E-state index contributed by atoms with van der Waals surface area (Å²) in [5, 5.41) is 21.8. The number of nitro groups is 1. The number of aryl methyl sites for hydroxylation is 1. The van der Waals surface area contributed by atoms with Gasteiger partial charge in [0.25, 0.3) is 11.2 Å². The van der Waals surface area contributed by atoms with Gasteiger partial charge in [-0.25, -0.2) is 4.79 Å². The monoisotopic (exact) mass is 426 g/mol. The van der Waals surface area contributed by atoms with Gasteiger partial charge in [0.1, 0.15) is 10.8 Å². The lowest BCUT2D eigenvalue weighted by Crippen LogP contribution is -2.36. The van der Waals surface area contributed by atoms with Gasteiger partial charge in [0.15, 0.2) is 0 Å². The van der Waals surface area contributed by atoms with E-state index in [1.54, 1.807) is 24.3 Å². The average Bonchev–Trinajstić information content (AvgIpc) is 3.13. The number of hydrogen-bond acceptors (Lipinski definition) is 5. The van der Waals surface area contributed by atoms with Crippen molar-refractivity contribution in [1.82, 2.24) is 13.7 Å². The molecule has 0 unspecified atom stereocenters. The number of phenols is 1. The van der Waals surface area contributed by atoms with Crippen LogP contribution in [-0.2, 0) is 14.1 Å². The number of nitro benzene ring substituents is 1. The minimum Gasteiger partial charge on any atom is -0.505 e. The number of fused-ring (bicyclic) bond motifs is 1. The maximum atomic E-state index is 13.0. The zero-order valence-electron chi connectivity index (χ0n) is 15.9. The van der Waals surface area contributed by atoms with Crippen LogP contribution in [0.3, 0.4) is 0 Å². The zero-order chi connectivity index (χ0) is 21.7. The van der Waals surface area contributed by atoms with E-state index >= 15 is 0 Å². The van der Waals surface area contributed by atoms with Gasteiger partial charge in [0, 0.05) is 20.3 Å². The molecule has 0 fully saturated rings. The maximum Gasteiger partial charge on any atom is 0.330 e. The molecule has 0 atom stereocenters. The Labute approximate surface area is 173 Å². The first-order chi connectivity index (χ1) is 14.2. The van der Waals surface area contributed by atoms with Crippen molar-refractivity contribution < 1.29 is 10.0 Å². The quantitative estimate of drug-likeness (QED) is 0.399. The Morgan fingerprint density at radius 3 is 2.37 bits per heavy atom. The zero-order valence-corrected chi connectivity index (χ0v) is 16.6. The Hall–Kier alpha value is -3.85. The predicted octanol–water partition coefficient (Wildman–Crippen LogP) is 2.96. The van der Waals surface area contributed by atoms with Gasteiger partial charge in [-0.2, -0.15) is 0 Å². The first-order valence-corrected chi connectivity index (χ1v) is 9.14. The molecule has 0 aliphatic heterocycles. The smallest absolute Gasteiger partial charge is 0.330 e. The van der Waals surface area contributed by atoms with E-state index in [0.29, 0.717) is 16.8 Å². The van der Waals surface area contributed by atoms with Gasteiger partial charge in [-0.05, 0) is 11.6 Å². The molecule has 4 rings (SSSR count). The second-order valence-electron chi connectivity index (χ2n) is 6.73. The normalized spacial score (nSPS) is 11.2. The lowest BCUT2D eigenvalue weighted by Gasteiger charge is -2.12. The number of nitrogens with zero attached hydrogens (tertiary/aromatic N) is 4. The van der Waals surface area contributed by atoms with Gasteiger partial charge in [0.2, 0.25) is 0 Å². The van der Waals surface area contributed by atoms with Crippen LogP contribution in [0.5, 0.6) is 5.75 Å². The van der Waals surface area contributed by atoms with Crippen LogP contribution in [0.1, 0.15) is 0 Å². The number of rotatable bonds is 3. The van der Waals surface area contributed by atoms with Crippen molar-refractivity contribution in [3.63, 3.8) is 0 Å². The van der Waals surface area contributed by atoms with Crippen molar-refractivity contribution in [2.24, 2.45) is 14.1 Å². The molecule has 1 N–H and O–H groups in total. The molecule has 0 aliphatic rings. The van der Waals surface area contributed by atoms with E-state index in [-0.39, 0.29) is 16.1 Å². The summed E-state index contributed by atoms with van der Waals surface area (Å²) in [6.07, 6.45) is 1.53. The molecule has 152 valence electrons. The van der Waals surface area contributed by atoms with Gasteiger partial charge in [-0.1, -0.05) is 41.9 Å². The summed E-state index contributed by atoms with van der Waals surface area (Å²) in [4.78, 5) is 35.8. The Balaban J connectivity index is 2.20. The van der Waals surface area contributed by atoms with Crippen LogP contribution in [0.4, 0.5) is 5.69 Å². The molecule has 0 amide bonds. The molecule has 4 aromatic rings. The molecule has 2 heterocycles. The summed E-state index contributed by atoms with van der Waals surface area (Å²) < 4.78 is 3.83. The SMILES string of the molecule is Cn1c(=O)c2c(-c3ccccc3)n(-c3cc(Cl)c([N+](=O)[O-])cc3O)cc2n(C)c1=O. The van der Waals surface area contributed by atoms with E-state index in [2.05, 4.69) is 0 Å². The topological polar surface area (TPSA) is 112 Å². The molecule has 2 aromatic heterocycles. The fraction of sp³-hybridized carbons (Fsp3) is 0.100. The molecule has 30 heavy (non-hydrogen) atoms. The van der Waals surface area contributed by atoms with Crippen molar-refractivity contribution in [1.29, 1.82) is 0 Å². The van der Waals surface area contributed by atoms with Gasteiger partial charge >= 0.3 is 5.69 Å². The van der Waals surface area contributed by atoms with Crippen LogP contribution in [0, 0.1) is 10.1 Å². The fourth-order valence-corrected chi connectivity index (χ4v) is 3.71. The highest BCUT2D eigenvalue weighted by atomic mass is 35.5. The van der Waals surface area contributed by atoms with E-state index in [1.807, 2.05) is 6.07 Å². The van der Waals surface area contributed by atoms with Gasteiger partial charge in [-0.15, -0.1) is 0 Å². The summed E-state index contributed by atoms with van der Waals surface area (Å²) in [6, 6.07) is 11.1. The molecule has 0 aliphatic carbocycles. The third-order valence-corrected chi connectivity index (χ3v) is 5.29. The van der Waals surface area contributed by atoms with Crippen molar-refractivity contribution in [3.8, 4) is 22.7 Å². The van der Waals surface area contributed by atoms with Crippen molar-refractivity contribution >= 4 is 28.2 Å². The summed E-state index contributed by atoms with van der Waals surface area (Å²) in [5.74, 6) is -0.398. The van der Waals surface area contributed by atoms with Gasteiger partial charge in [-0.3, -0.25) is 24.0 Å². The number of aromatic hydroxyl groups is 1. The molecule has 10 heteroatoms. The first kappa shape index (κ1) is 19.5. The van der Waals surface area contributed by atoms with E-state index in [1.165, 1.54) is 35.5 Å². The molecule has 0 saturated carbocycles. The van der Waals surface area contributed by atoms with Crippen molar-refractivity contribution in [2.45, 2.75) is 0 Å². The van der Waals surface area contributed by atoms with Crippen LogP contribution < -0.4 is 11.2 Å². The van der Waals surface area contributed by atoms with E-state index in [0.717, 1.165) is 10.6 Å². The number of aromatic nitrogens is 3. The number of benzene rings is 2. The Morgan fingerprint density at radius 1 is 1.07 bits per heavy atom. The van der Waals surface area contributed by atoms with E-state index in [4.69, 9.17) is 11.6 Å². The van der Waals surface area contributed by atoms with Crippen LogP contribution >= 0.6 is 11.6 Å². The molecule has 0 saturated heterocycles. The highest BCUT2D eigenvalue weighted by Gasteiger charge is 2.24. The lowest BCUT2D eigenvalue weighted by molar-refractivity contribution is -0.384. The van der Waals surface area contributed by atoms with Crippen LogP contribution in [0.25, 0.3) is 27.8 Å². The van der Waals surface area contributed by atoms with Crippen molar-refractivity contribution in [2.75, 3.05) is 0 Å². The standard InChI is InChI=1S/C20H15ClN4O5/c1-22-15-10-24(14-8-12(21)13(25(29)30)9-16(14)26)18(11-6-4-3-5-7-11)17(15)19(27)23(2)20(22)28/h3-10,26H,1-2H3. The van der Waals surface area contributed by atoms with Crippen molar-refractivity contribution in [3.05, 3.63) is 84.6 Å². The summed E-state index contributed by atoms with van der Waals surface area (Å²) in [5.41, 5.74) is 0.0951. The third kappa shape index (κ3) is 2.79. The largest absolute Gasteiger partial charge is 0.505 e. The van der Waals surface area contributed by atoms with Crippen LogP contribution in [0.15, 0.2) is 58.3 Å². The van der Waals surface area contributed by atoms with E-state index in [9.17, 15) is 24.8 Å². The second-order valence-corrected chi connectivity index (χ2v) is 7.14. The minimum atomic E-state index is -0.699. The van der Waals surface area contributed by atoms with Gasteiger partial charge in [0.05, 0.1) is 33.3 Å². The third-order valence-electron chi connectivity index (χ3n) is 4.99.